The van der Waals surface area contributed by atoms with Gasteiger partial charge in [-0.05, 0) is 62.4 Å². The summed E-state index contributed by atoms with van der Waals surface area (Å²) in [6, 6.07) is 7.50. The Morgan fingerprint density at radius 3 is 2.10 bits per heavy atom. The van der Waals surface area contributed by atoms with Crippen molar-refractivity contribution in [2.24, 2.45) is 0 Å². The van der Waals surface area contributed by atoms with Gasteiger partial charge in [0.2, 0.25) is 28.4 Å². The van der Waals surface area contributed by atoms with Crippen LogP contribution in [-0.2, 0) is 0 Å². The topological polar surface area (TPSA) is 113 Å². The highest BCUT2D eigenvalue weighted by Gasteiger charge is 2.06. The molecule has 31 heavy (non-hydrogen) atoms. The Kier molecular flexibility index (Phi) is 10.3. The Hall–Kier alpha value is -2.14. The molecule has 9 nitrogen and oxygen atoms in total. The highest BCUT2D eigenvalue weighted by atomic mass is 35.5. The molecule has 0 amide bonds. The van der Waals surface area contributed by atoms with E-state index < -0.39 is 0 Å². The molecule has 0 aliphatic carbocycles. The van der Waals surface area contributed by atoms with Crippen molar-refractivity contribution in [3.8, 4) is 0 Å². The number of hydrogen-bond acceptors (Lipinski definition) is 10. The number of anilines is 4. The summed E-state index contributed by atoms with van der Waals surface area (Å²) in [5.41, 5.74) is 0.669. The molecule has 1 aromatic carbocycles. The summed E-state index contributed by atoms with van der Waals surface area (Å²) < 4.78 is 0. The molecule has 0 unspecified atom stereocenters. The normalized spacial score (nSPS) is 10.3. The van der Waals surface area contributed by atoms with Crippen molar-refractivity contribution in [3.63, 3.8) is 0 Å². The number of nitrogens with one attached hydrogen (secondary N) is 3. The molecule has 3 N–H and O–H groups in total. The van der Waals surface area contributed by atoms with Crippen molar-refractivity contribution < 1.29 is 0 Å². The summed E-state index contributed by atoms with van der Waals surface area (Å²) in [6.07, 6.45) is 1.95. The van der Waals surface area contributed by atoms with Gasteiger partial charge in [0.05, 0.1) is 10.7 Å². The zero-order valence-electron chi connectivity index (χ0n) is 17.3. The van der Waals surface area contributed by atoms with E-state index in [9.17, 15) is 0 Å². The van der Waals surface area contributed by atoms with Crippen LogP contribution in [0.15, 0.2) is 29.4 Å². The number of thioether (sulfide) groups is 1. The van der Waals surface area contributed by atoms with Gasteiger partial charge >= 0.3 is 0 Å². The second-order valence-corrected chi connectivity index (χ2v) is 7.96. The first-order valence-electron chi connectivity index (χ1n) is 9.19. The number of nitrogens with zero attached hydrogens (tertiary/aromatic N) is 6. The van der Waals surface area contributed by atoms with Crippen molar-refractivity contribution in [1.82, 2.24) is 29.9 Å². The Bertz CT molecular complexity index is 971. The molecule has 0 aliphatic rings. The van der Waals surface area contributed by atoms with Crippen LogP contribution in [0.5, 0.6) is 0 Å². The van der Waals surface area contributed by atoms with Crippen molar-refractivity contribution >= 4 is 70.1 Å². The molecule has 0 fully saturated rings. The molecule has 166 valence electrons. The summed E-state index contributed by atoms with van der Waals surface area (Å²) in [5.74, 6) is 1.50. The van der Waals surface area contributed by atoms with Crippen LogP contribution in [0.25, 0.3) is 0 Å². The average molecular weight is 503 g/mol. The second-order valence-electron chi connectivity index (χ2n) is 6.10. The third-order valence-corrected chi connectivity index (χ3v) is 4.47. The summed E-state index contributed by atoms with van der Waals surface area (Å²) in [6.45, 7) is 6.92. The van der Waals surface area contributed by atoms with E-state index in [2.05, 4.69) is 59.7 Å². The van der Waals surface area contributed by atoms with Crippen molar-refractivity contribution in [3.05, 3.63) is 39.9 Å². The van der Waals surface area contributed by atoms with E-state index in [0.717, 1.165) is 11.7 Å². The quantitative estimate of drug-likeness (QED) is 0.362. The van der Waals surface area contributed by atoms with Gasteiger partial charge in [0.1, 0.15) is 0 Å². The first kappa shape index (κ1) is 25.1. The molecule has 2 heterocycles. The molecule has 0 saturated carbocycles. The van der Waals surface area contributed by atoms with E-state index in [0.29, 0.717) is 28.6 Å². The Balaban J connectivity index is 0.000000221. The van der Waals surface area contributed by atoms with Crippen LogP contribution < -0.4 is 16.0 Å². The van der Waals surface area contributed by atoms with E-state index >= 15 is 0 Å². The number of rotatable bonds is 7. The van der Waals surface area contributed by atoms with Crippen LogP contribution in [0.4, 0.5) is 23.5 Å². The number of para-hydroxylation sites is 1. The predicted molar refractivity (Wildman–Crippen MR) is 129 cm³/mol. The fourth-order valence-corrected chi connectivity index (χ4v) is 2.97. The predicted octanol–water partition coefficient (Wildman–Crippen LogP) is 5.42. The van der Waals surface area contributed by atoms with Crippen LogP contribution >= 0.6 is 46.6 Å². The maximum atomic E-state index is 5.95. The highest BCUT2D eigenvalue weighted by Crippen LogP contribution is 2.23. The Morgan fingerprint density at radius 1 is 0.871 bits per heavy atom. The molecule has 13 heteroatoms. The molecule has 3 rings (SSSR count). The summed E-state index contributed by atoms with van der Waals surface area (Å²) in [7, 11) is 0. The molecule has 2 aromatic heterocycles. The molecule has 0 radical (unpaired) electrons. The third kappa shape index (κ3) is 8.86. The van der Waals surface area contributed by atoms with E-state index in [1.54, 1.807) is 12.1 Å². The van der Waals surface area contributed by atoms with E-state index in [-0.39, 0.29) is 16.5 Å². The average Bonchev–Trinajstić information content (AvgIpc) is 2.69. The van der Waals surface area contributed by atoms with Gasteiger partial charge in [-0.2, -0.15) is 29.9 Å². The van der Waals surface area contributed by atoms with Crippen molar-refractivity contribution in [2.45, 2.75) is 32.0 Å². The van der Waals surface area contributed by atoms with Crippen LogP contribution in [0.3, 0.4) is 0 Å². The monoisotopic (exact) mass is 501 g/mol. The van der Waals surface area contributed by atoms with Crippen molar-refractivity contribution in [2.75, 3.05) is 28.8 Å². The number of aromatic nitrogens is 6. The molecule has 0 bridgehead atoms. The Labute approximate surface area is 200 Å². The minimum absolute atomic E-state index is 0.0227. The first-order valence-corrected chi connectivity index (χ1v) is 11.6. The molecule has 0 saturated heterocycles. The minimum atomic E-state index is 0.0227. The minimum Gasteiger partial charge on any atom is -0.354 e. The smallest absolute Gasteiger partial charge is 0.232 e. The summed E-state index contributed by atoms with van der Waals surface area (Å²) in [5, 5.41) is 10.5. The lowest BCUT2D eigenvalue weighted by Gasteiger charge is -2.10. The zero-order valence-corrected chi connectivity index (χ0v) is 20.4. The van der Waals surface area contributed by atoms with Crippen LogP contribution in [0.1, 0.15) is 20.8 Å². The van der Waals surface area contributed by atoms with E-state index in [4.69, 9.17) is 34.8 Å². The number of hydrogen-bond donors (Lipinski definition) is 3. The van der Waals surface area contributed by atoms with Crippen LogP contribution in [-0.4, -0.2) is 48.7 Å². The Morgan fingerprint density at radius 2 is 1.52 bits per heavy atom. The number of halogens is 3. The third-order valence-electron chi connectivity index (χ3n) is 3.25. The highest BCUT2D eigenvalue weighted by molar-refractivity contribution is 7.98. The van der Waals surface area contributed by atoms with Gasteiger partial charge in [0.25, 0.3) is 0 Å². The lowest BCUT2D eigenvalue weighted by Crippen LogP contribution is -2.15. The molecule has 0 spiro atoms. The van der Waals surface area contributed by atoms with Crippen molar-refractivity contribution in [1.29, 1.82) is 0 Å². The summed E-state index contributed by atoms with van der Waals surface area (Å²) in [4.78, 5) is 24.1. The number of benzene rings is 1. The van der Waals surface area contributed by atoms with E-state index in [1.807, 2.05) is 25.3 Å². The van der Waals surface area contributed by atoms with E-state index in [1.165, 1.54) is 11.8 Å². The molecular weight excluding hydrogens is 481 g/mol. The first-order chi connectivity index (χ1) is 14.8. The maximum absolute atomic E-state index is 5.95. The lowest BCUT2D eigenvalue weighted by atomic mass is 10.3. The zero-order chi connectivity index (χ0) is 22.8. The molecule has 0 aliphatic heterocycles. The summed E-state index contributed by atoms with van der Waals surface area (Å²) >= 11 is 18.7. The largest absolute Gasteiger partial charge is 0.354 e. The van der Waals surface area contributed by atoms with Gasteiger partial charge in [-0.1, -0.05) is 35.5 Å². The fraction of sp³-hybridized carbons (Fsp3) is 0.333. The molecule has 0 atom stereocenters. The van der Waals surface area contributed by atoms with Gasteiger partial charge in [-0.15, -0.1) is 0 Å². The SMILES string of the molecule is CCNc1nc(NC(C)C)nc(SC)n1.Clc1nc(Cl)nc(Nc2ccccc2Cl)n1. The second kappa shape index (κ2) is 12.7. The standard InChI is InChI=1S/C9H5Cl3N4.C9H17N5S/c10-5-3-1-2-4-6(5)13-9-15-7(11)14-8(12)16-9;1-5-10-7-12-8(11-6(2)3)14-9(13-7)15-4/h1-4H,(H,13,14,15,16);6H,5H2,1-4H3,(H2,10,11,12,13,14). The van der Waals surface area contributed by atoms with Gasteiger partial charge < -0.3 is 16.0 Å². The maximum Gasteiger partial charge on any atom is 0.232 e. The fourth-order valence-electron chi connectivity index (χ4n) is 2.07. The lowest BCUT2D eigenvalue weighted by molar-refractivity contribution is 0.835. The van der Waals surface area contributed by atoms with Crippen LogP contribution in [0.2, 0.25) is 15.6 Å². The van der Waals surface area contributed by atoms with Gasteiger partial charge in [-0.25, -0.2) is 0 Å². The van der Waals surface area contributed by atoms with Gasteiger partial charge in [0.15, 0.2) is 5.16 Å². The van der Waals surface area contributed by atoms with Gasteiger partial charge in [-0.3, -0.25) is 0 Å². The molecular formula is C18H22Cl3N9S. The van der Waals surface area contributed by atoms with Gasteiger partial charge in [0, 0.05) is 12.6 Å². The van der Waals surface area contributed by atoms with Crippen LogP contribution in [0, 0.1) is 0 Å². The molecule has 3 aromatic rings.